The van der Waals surface area contributed by atoms with Gasteiger partial charge in [0.1, 0.15) is 5.75 Å². The molecule has 0 saturated carbocycles. The van der Waals surface area contributed by atoms with Crippen molar-refractivity contribution < 1.29 is 13.2 Å². The third kappa shape index (κ3) is 3.06. The standard InChI is InChI=1S/C20H17N3O3S/c1-26-15-10-8-14(9-11-15)18-19(23-13-5-12-21-20(23)22-18)16-6-3-4-7-17(16)27(2,24)25/h3-13H,1-2H3. The number of aromatic nitrogens is 3. The predicted molar refractivity (Wildman–Crippen MR) is 104 cm³/mol. The lowest BCUT2D eigenvalue weighted by Gasteiger charge is -2.10. The SMILES string of the molecule is COc1ccc(-c2nc3ncccn3c2-c2ccccc2S(C)(=O)=O)cc1. The molecule has 0 saturated heterocycles. The third-order valence-corrected chi connectivity index (χ3v) is 5.46. The number of sulfone groups is 1. The lowest BCUT2D eigenvalue weighted by atomic mass is 10.0. The molecule has 0 aliphatic heterocycles. The van der Waals surface area contributed by atoms with Crippen LogP contribution in [0.15, 0.2) is 71.9 Å². The number of imidazole rings is 1. The van der Waals surface area contributed by atoms with E-state index in [0.717, 1.165) is 11.3 Å². The topological polar surface area (TPSA) is 73.6 Å². The van der Waals surface area contributed by atoms with Crippen molar-refractivity contribution in [3.8, 4) is 28.3 Å². The molecule has 0 fully saturated rings. The molecule has 2 heterocycles. The fourth-order valence-electron chi connectivity index (χ4n) is 3.08. The van der Waals surface area contributed by atoms with Crippen LogP contribution in [0.5, 0.6) is 5.75 Å². The molecule has 0 aliphatic carbocycles. The highest BCUT2D eigenvalue weighted by molar-refractivity contribution is 7.90. The molecule has 4 rings (SSSR count). The quantitative estimate of drug-likeness (QED) is 0.543. The van der Waals surface area contributed by atoms with Crippen molar-refractivity contribution >= 4 is 15.6 Å². The van der Waals surface area contributed by atoms with E-state index in [1.165, 1.54) is 6.26 Å². The minimum absolute atomic E-state index is 0.255. The summed E-state index contributed by atoms with van der Waals surface area (Å²) in [6.45, 7) is 0. The minimum Gasteiger partial charge on any atom is -0.497 e. The molecule has 4 aromatic rings. The predicted octanol–water partition coefficient (Wildman–Crippen LogP) is 3.48. The summed E-state index contributed by atoms with van der Waals surface area (Å²) in [5.41, 5.74) is 2.78. The van der Waals surface area contributed by atoms with E-state index < -0.39 is 9.84 Å². The average Bonchev–Trinajstić information content (AvgIpc) is 3.07. The van der Waals surface area contributed by atoms with Crippen LogP contribution in [0.2, 0.25) is 0 Å². The zero-order valence-electron chi connectivity index (χ0n) is 14.8. The molecule has 0 spiro atoms. The molecule has 0 amide bonds. The Hall–Kier alpha value is -3.19. The van der Waals surface area contributed by atoms with E-state index in [1.807, 2.05) is 40.9 Å². The largest absolute Gasteiger partial charge is 0.497 e. The van der Waals surface area contributed by atoms with Crippen LogP contribution in [-0.2, 0) is 9.84 Å². The third-order valence-electron chi connectivity index (χ3n) is 4.31. The number of rotatable bonds is 4. The van der Waals surface area contributed by atoms with Crippen molar-refractivity contribution in [3.63, 3.8) is 0 Å². The second-order valence-corrected chi connectivity index (χ2v) is 8.08. The Bertz CT molecular complexity index is 1230. The Balaban J connectivity index is 2.06. The highest BCUT2D eigenvalue weighted by Gasteiger charge is 2.22. The van der Waals surface area contributed by atoms with Gasteiger partial charge in [0, 0.05) is 29.8 Å². The van der Waals surface area contributed by atoms with Gasteiger partial charge in [-0.2, -0.15) is 0 Å². The van der Waals surface area contributed by atoms with Crippen LogP contribution >= 0.6 is 0 Å². The lowest BCUT2D eigenvalue weighted by Crippen LogP contribution is -2.01. The van der Waals surface area contributed by atoms with E-state index in [4.69, 9.17) is 4.74 Å². The molecule has 0 N–H and O–H groups in total. The Morgan fingerprint density at radius 3 is 2.44 bits per heavy atom. The summed E-state index contributed by atoms with van der Waals surface area (Å²) in [6, 6.07) is 16.2. The van der Waals surface area contributed by atoms with Gasteiger partial charge in [-0.15, -0.1) is 0 Å². The molecule has 6 nitrogen and oxygen atoms in total. The summed E-state index contributed by atoms with van der Waals surface area (Å²) in [4.78, 5) is 9.23. The molecule has 27 heavy (non-hydrogen) atoms. The Labute approximate surface area is 157 Å². The maximum absolute atomic E-state index is 12.4. The van der Waals surface area contributed by atoms with Crippen molar-refractivity contribution in [3.05, 3.63) is 67.0 Å². The van der Waals surface area contributed by atoms with Crippen molar-refractivity contribution in [2.45, 2.75) is 4.90 Å². The Morgan fingerprint density at radius 2 is 1.74 bits per heavy atom. The summed E-state index contributed by atoms with van der Waals surface area (Å²) in [6.07, 6.45) is 4.70. The first-order chi connectivity index (χ1) is 13.0. The van der Waals surface area contributed by atoms with Gasteiger partial charge >= 0.3 is 0 Å². The number of hydrogen-bond donors (Lipinski definition) is 0. The van der Waals surface area contributed by atoms with Gasteiger partial charge in [-0.3, -0.25) is 4.40 Å². The molecule has 0 unspecified atom stereocenters. The molecule has 2 aromatic heterocycles. The lowest BCUT2D eigenvalue weighted by molar-refractivity contribution is 0.415. The Kier molecular flexibility index (Phi) is 4.16. The van der Waals surface area contributed by atoms with Gasteiger partial charge in [0.05, 0.1) is 23.4 Å². The molecular weight excluding hydrogens is 362 g/mol. The van der Waals surface area contributed by atoms with E-state index in [-0.39, 0.29) is 4.90 Å². The summed E-state index contributed by atoms with van der Waals surface area (Å²) in [7, 11) is -1.81. The number of benzene rings is 2. The van der Waals surface area contributed by atoms with Crippen molar-refractivity contribution in [2.75, 3.05) is 13.4 Å². The van der Waals surface area contributed by atoms with Crippen molar-refractivity contribution in [1.82, 2.24) is 14.4 Å². The summed E-state index contributed by atoms with van der Waals surface area (Å²) >= 11 is 0. The van der Waals surface area contributed by atoms with Gasteiger partial charge in [0.15, 0.2) is 9.84 Å². The van der Waals surface area contributed by atoms with E-state index >= 15 is 0 Å². The number of fused-ring (bicyclic) bond motifs is 1. The molecular formula is C20H17N3O3S. The first kappa shape index (κ1) is 17.2. The number of ether oxygens (including phenoxy) is 1. The highest BCUT2D eigenvalue weighted by atomic mass is 32.2. The van der Waals surface area contributed by atoms with E-state index in [1.54, 1.807) is 37.6 Å². The number of hydrogen-bond acceptors (Lipinski definition) is 5. The van der Waals surface area contributed by atoms with Gasteiger partial charge in [-0.25, -0.2) is 18.4 Å². The van der Waals surface area contributed by atoms with Crippen LogP contribution in [0.1, 0.15) is 0 Å². The maximum atomic E-state index is 12.4. The highest BCUT2D eigenvalue weighted by Crippen LogP contribution is 2.36. The molecule has 0 bridgehead atoms. The van der Waals surface area contributed by atoms with E-state index in [2.05, 4.69) is 9.97 Å². The van der Waals surface area contributed by atoms with E-state index in [0.29, 0.717) is 22.7 Å². The Morgan fingerprint density at radius 1 is 1.00 bits per heavy atom. The second-order valence-electron chi connectivity index (χ2n) is 6.10. The molecule has 0 radical (unpaired) electrons. The van der Waals surface area contributed by atoms with Crippen molar-refractivity contribution in [2.24, 2.45) is 0 Å². The minimum atomic E-state index is -3.42. The summed E-state index contributed by atoms with van der Waals surface area (Å²) < 4.78 is 31.7. The summed E-state index contributed by atoms with van der Waals surface area (Å²) in [5, 5.41) is 0. The maximum Gasteiger partial charge on any atom is 0.234 e. The van der Waals surface area contributed by atoms with Crippen LogP contribution in [0.4, 0.5) is 0 Å². The molecule has 136 valence electrons. The number of nitrogens with zero attached hydrogens (tertiary/aromatic N) is 3. The van der Waals surface area contributed by atoms with E-state index in [9.17, 15) is 8.42 Å². The monoisotopic (exact) mass is 379 g/mol. The second kappa shape index (κ2) is 6.51. The van der Waals surface area contributed by atoms with Gasteiger partial charge < -0.3 is 4.74 Å². The molecule has 0 aliphatic rings. The van der Waals surface area contributed by atoms with Crippen molar-refractivity contribution in [1.29, 1.82) is 0 Å². The van der Waals surface area contributed by atoms with Crippen LogP contribution in [0, 0.1) is 0 Å². The molecule has 0 atom stereocenters. The fraction of sp³-hybridized carbons (Fsp3) is 0.100. The van der Waals surface area contributed by atoms with Crippen LogP contribution in [0.25, 0.3) is 28.3 Å². The average molecular weight is 379 g/mol. The number of methoxy groups -OCH3 is 1. The first-order valence-corrected chi connectivity index (χ1v) is 10.1. The van der Waals surface area contributed by atoms with Gasteiger partial charge in [0.25, 0.3) is 0 Å². The molecule has 7 heteroatoms. The van der Waals surface area contributed by atoms with Crippen LogP contribution in [-0.4, -0.2) is 36.2 Å². The normalized spacial score (nSPS) is 11.6. The first-order valence-electron chi connectivity index (χ1n) is 8.26. The zero-order chi connectivity index (χ0) is 19.0. The zero-order valence-corrected chi connectivity index (χ0v) is 15.6. The fourth-order valence-corrected chi connectivity index (χ4v) is 3.97. The smallest absolute Gasteiger partial charge is 0.234 e. The summed E-state index contributed by atoms with van der Waals surface area (Å²) in [5.74, 6) is 1.24. The van der Waals surface area contributed by atoms with Gasteiger partial charge in [-0.1, -0.05) is 18.2 Å². The molecule has 2 aromatic carbocycles. The van der Waals surface area contributed by atoms with Gasteiger partial charge in [0.2, 0.25) is 5.78 Å². The van der Waals surface area contributed by atoms with Gasteiger partial charge in [-0.05, 0) is 36.4 Å². The van der Waals surface area contributed by atoms with Crippen LogP contribution < -0.4 is 4.74 Å². The van der Waals surface area contributed by atoms with Crippen LogP contribution in [0.3, 0.4) is 0 Å².